The zero-order chi connectivity index (χ0) is 59.1. The van der Waals surface area contributed by atoms with Crippen molar-refractivity contribution >= 4 is 17.9 Å². The van der Waals surface area contributed by atoms with Gasteiger partial charge in [-0.15, -0.1) is 0 Å². The fraction of sp³-hybridized carbons (Fsp3) is 0.736. The number of likely N-dealkylation sites (N-methyl/N-ethyl adjacent to an activating group) is 1. The molecule has 1 N–H and O–H groups in total. The number of nitrogens with zero attached hydrogens (tertiary/aromatic N) is 1. The van der Waals surface area contributed by atoms with E-state index in [1.165, 1.54) is 154 Å². The van der Waals surface area contributed by atoms with E-state index in [0.717, 1.165) is 96.3 Å². The number of carbonyl (C=O) groups is 3. The number of carbonyl (C=O) groups excluding carboxylic acids is 2. The number of allylic oxidation sites excluding steroid dienone is 16. The Kier molecular flexibility index (Phi) is 59.3. The molecule has 0 saturated heterocycles. The van der Waals surface area contributed by atoms with Crippen LogP contribution >= 0.6 is 0 Å². The third-order valence-corrected chi connectivity index (χ3v) is 14.4. The van der Waals surface area contributed by atoms with Crippen LogP contribution < -0.4 is 0 Å². The van der Waals surface area contributed by atoms with Gasteiger partial charge in [-0.1, -0.05) is 291 Å². The monoisotopic (exact) mass is 1130 g/mol. The Balaban J connectivity index is 4.22. The lowest BCUT2D eigenvalue weighted by Gasteiger charge is -2.25. The first-order valence-electron chi connectivity index (χ1n) is 33.4. The van der Waals surface area contributed by atoms with Gasteiger partial charge in [0.1, 0.15) is 13.2 Å². The van der Waals surface area contributed by atoms with Gasteiger partial charge in [0.2, 0.25) is 0 Å². The van der Waals surface area contributed by atoms with Crippen molar-refractivity contribution in [2.45, 2.75) is 296 Å². The van der Waals surface area contributed by atoms with Gasteiger partial charge in [0.25, 0.3) is 6.29 Å². The smallest absolute Gasteiger partial charge is 0.361 e. The van der Waals surface area contributed by atoms with E-state index in [9.17, 15) is 19.5 Å². The molecule has 0 aromatic heterocycles. The van der Waals surface area contributed by atoms with E-state index >= 15 is 0 Å². The average molecular weight is 1130 g/mol. The number of carboxylic acids is 1. The first-order valence-corrected chi connectivity index (χ1v) is 33.4. The van der Waals surface area contributed by atoms with Gasteiger partial charge in [-0.3, -0.25) is 9.59 Å². The molecule has 0 radical (unpaired) electrons. The molecular weight excluding hydrogens is 1010 g/mol. The number of esters is 2. The summed E-state index contributed by atoms with van der Waals surface area (Å²) >= 11 is 0. The number of ether oxygens (including phenoxy) is 4. The normalized spacial score (nSPS) is 13.3. The third kappa shape index (κ3) is 63.6. The summed E-state index contributed by atoms with van der Waals surface area (Å²) in [6, 6.07) is 0. The second-order valence-corrected chi connectivity index (χ2v) is 23.4. The van der Waals surface area contributed by atoms with Crippen LogP contribution in [-0.4, -0.2) is 87.4 Å². The van der Waals surface area contributed by atoms with Crippen LogP contribution in [0.4, 0.5) is 0 Å². The van der Waals surface area contributed by atoms with Crippen LogP contribution in [0.3, 0.4) is 0 Å². The van der Waals surface area contributed by atoms with Gasteiger partial charge in [-0.2, -0.15) is 0 Å². The van der Waals surface area contributed by atoms with Gasteiger partial charge in [-0.05, 0) is 77.0 Å². The second kappa shape index (κ2) is 62.3. The largest absolute Gasteiger partial charge is 0.477 e. The summed E-state index contributed by atoms with van der Waals surface area (Å²) in [6.07, 6.45) is 82.3. The molecule has 9 nitrogen and oxygen atoms in total. The highest BCUT2D eigenvalue weighted by atomic mass is 16.7. The SMILES string of the molecule is CC/C=C\C/C=C\C/C=C\C/C=C\C/C=C\C/C=C\C/C=C\C/C=C\CCCCCCC(=O)OC(COC(=O)CCCCCCCCCCCCCCCCCCCCCCCCCCCCC)COC(OCC[N+](C)(C)C)C(=O)O. The Labute approximate surface area is 499 Å². The lowest BCUT2D eigenvalue weighted by Crippen LogP contribution is -2.40. The lowest BCUT2D eigenvalue weighted by atomic mass is 10.0. The molecule has 0 amide bonds. The first-order chi connectivity index (χ1) is 39.6. The lowest BCUT2D eigenvalue weighted by molar-refractivity contribution is -0.870. The molecule has 0 aliphatic rings. The molecule has 0 aliphatic heterocycles. The standard InChI is InChI=1S/C72H125NO8/c1-6-8-10-12-14-16-18-20-22-24-26-28-30-32-34-35-37-39-41-43-45-47-49-51-53-55-57-59-61-63-70(75)81-68(67-80-72(71(76)77)78-65-64-73(3,4)5)66-79-69(74)62-60-58-56-54-52-50-48-46-44-42-40-38-36-33-31-29-27-25-23-21-19-17-15-13-11-9-7-2/h8,10,14,16,20,22,26,28,32,34,37,39,43,45,49,51,68,72H,6-7,9,11-13,15,17-19,21,23-25,27,29-31,33,35-36,38,40-42,44,46-48,50,52-67H2,1-5H3/p+1/b10-8-,16-14-,22-20-,28-26-,34-32-,39-37-,45-43-,51-49-. The zero-order valence-electron chi connectivity index (χ0n) is 53.2. The Morgan fingerprint density at radius 3 is 1.05 bits per heavy atom. The van der Waals surface area contributed by atoms with Crippen molar-refractivity contribution in [3.05, 3.63) is 97.2 Å². The van der Waals surface area contributed by atoms with Gasteiger partial charge in [0, 0.05) is 12.8 Å². The molecular formula is C72H126NO8+. The van der Waals surface area contributed by atoms with Crippen molar-refractivity contribution in [3.63, 3.8) is 0 Å². The molecule has 0 spiro atoms. The van der Waals surface area contributed by atoms with Crippen molar-refractivity contribution in [1.82, 2.24) is 0 Å². The molecule has 466 valence electrons. The Morgan fingerprint density at radius 2 is 0.704 bits per heavy atom. The zero-order valence-corrected chi connectivity index (χ0v) is 53.2. The summed E-state index contributed by atoms with van der Waals surface area (Å²) in [5.41, 5.74) is 0. The van der Waals surface area contributed by atoms with E-state index in [0.29, 0.717) is 23.9 Å². The third-order valence-electron chi connectivity index (χ3n) is 14.4. The number of aliphatic carboxylic acids is 1. The summed E-state index contributed by atoms with van der Waals surface area (Å²) in [4.78, 5) is 37.6. The highest BCUT2D eigenvalue weighted by Gasteiger charge is 2.25. The maximum Gasteiger partial charge on any atom is 0.361 e. The molecule has 2 atom stereocenters. The minimum Gasteiger partial charge on any atom is -0.477 e. The Bertz CT molecular complexity index is 1650. The van der Waals surface area contributed by atoms with Crippen molar-refractivity contribution < 1.29 is 42.9 Å². The van der Waals surface area contributed by atoms with E-state index < -0.39 is 24.3 Å². The summed E-state index contributed by atoms with van der Waals surface area (Å²) < 4.78 is 22.9. The molecule has 0 aromatic carbocycles. The van der Waals surface area contributed by atoms with Gasteiger partial charge < -0.3 is 28.5 Å². The van der Waals surface area contributed by atoms with Crippen LogP contribution in [0.2, 0.25) is 0 Å². The molecule has 0 rings (SSSR count). The van der Waals surface area contributed by atoms with E-state index in [1.807, 2.05) is 21.1 Å². The maximum atomic E-state index is 12.9. The fourth-order valence-electron chi connectivity index (χ4n) is 9.27. The molecule has 0 saturated carbocycles. The fourth-order valence-corrected chi connectivity index (χ4v) is 9.27. The number of quaternary nitrogens is 1. The number of carboxylic acid groups (broad SMARTS) is 1. The Morgan fingerprint density at radius 1 is 0.383 bits per heavy atom. The number of rotatable bonds is 61. The summed E-state index contributed by atoms with van der Waals surface area (Å²) in [5, 5.41) is 9.73. The molecule has 2 unspecified atom stereocenters. The highest BCUT2D eigenvalue weighted by Crippen LogP contribution is 2.17. The molecule has 0 aromatic rings. The molecule has 0 fully saturated rings. The predicted molar refractivity (Wildman–Crippen MR) is 345 cm³/mol. The second-order valence-electron chi connectivity index (χ2n) is 23.4. The molecule has 81 heavy (non-hydrogen) atoms. The summed E-state index contributed by atoms with van der Waals surface area (Å²) in [7, 11) is 5.96. The van der Waals surface area contributed by atoms with Crippen molar-refractivity contribution in [3.8, 4) is 0 Å². The van der Waals surface area contributed by atoms with Gasteiger partial charge in [0.05, 0.1) is 34.4 Å². The van der Waals surface area contributed by atoms with Crippen LogP contribution in [-0.2, 0) is 33.3 Å². The van der Waals surface area contributed by atoms with Crippen LogP contribution in [0.1, 0.15) is 284 Å². The molecule has 0 bridgehead atoms. The summed E-state index contributed by atoms with van der Waals surface area (Å²) in [5.74, 6) is -2.04. The number of unbranched alkanes of at least 4 members (excludes halogenated alkanes) is 30. The molecule has 9 heteroatoms. The topological polar surface area (TPSA) is 108 Å². The quantitative estimate of drug-likeness (QED) is 0.0211. The van der Waals surface area contributed by atoms with Crippen LogP contribution in [0.25, 0.3) is 0 Å². The number of hydrogen-bond acceptors (Lipinski definition) is 7. The minimum absolute atomic E-state index is 0.179. The van der Waals surface area contributed by atoms with Crippen LogP contribution in [0.5, 0.6) is 0 Å². The van der Waals surface area contributed by atoms with E-state index in [2.05, 4.69) is 111 Å². The van der Waals surface area contributed by atoms with Crippen LogP contribution in [0, 0.1) is 0 Å². The molecule has 0 aliphatic carbocycles. The Hall–Kier alpha value is -3.79. The maximum absolute atomic E-state index is 12.9. The first kappa shape index (κ1) is 77.2. The van der Waals surface area contributed by atoms with Crippen LogP contribution in [0.15, 0.2) is 97.2 Å². The number of hydrogen-bond donors (Lipinski definition) is 1. The highest BCUT2D eigenvalue weighted by molar-refractivity contribution is 5.71. The van der Waals surface area contributed by atoms with Gasteiger partial charge >= 0.3 is 17.9 Å². The average Bonchev–Trinajstić information content (AvgIpc) is 3.44. The minimum atomic E-state index is -1.52. The summed E-state index contributed by atoms with van der Waals surface area (Å²) in [6.45, 7) is 4.76. The van der Waals surface area contributed by atoms with Crippen molar-refractivity contribution in [1.29, 1.82) is 0 Å². The van der Waals surface area contributed by atoms with E-state index in [1.54, 1.807) is 0 Å². The van der Waals surface area contributed by atoms with Crippen molar-refractivity contribution in [2.24, 2.45) is 0 Å². The van der Waals surface area contributed by atoms with E-state index in [-0.39, 0.29) is 32.2 Å². The van der Waals surface area contributed by atoms with Gasteiger partial charge in [-0.25, -0.2) is 4.79 Å². The van der Waals surface area contributed by atoms with Crippen molar-refractivity contribution in [2.75, 3.05) is 47.5 Å². The van der Waals surface area contributed by atoms with E-state index in [4.69, 9.17) is 18.9 Å². The predicted octanol–water partition coefficient (Wildman–Crippen LogP) is 20.5. The van der Waals surface area contributed by atoms with Gasteiger partial charge in [0.15, 0.2) is 6.10 Å². The molecule has 0 heterocycles.